The Morgan fingerprint density at radius 3 is 2.50 bits per heavy atom. The van der Waals surface area contributed by atoms with E-state index in [-0.39, 0.29) is 11.6 Å². The molecule has 2 nitrogen and oxygen atoms in total. The molecule has 0 saturated carbocycles. The highest BCUT2D eigenvalue weighted by Gasteiger charge is 2.31. The molecular formula is C15H20F3NO. The number of rotatable bonds is 2. The van der Waals surface area contributed by atoms with Gasteiger partial charge in [0.2, 0.25) is 0 Å². The topological polar surface area (TPSA) is 21.3 Å². The van der Waals surface area contributed by atoms with Crippen molar-refractivity contribution in [2.75, 3.05) is 13.2 Å². The molecule has 1 fully saturated rings. The molecule has 0 aromatic heterocycles. The van der Waals surface area contributed by atoms with E-state index in [0.717, 1.165) is 30.5 Å². The molecule has 1 heterocycles. The van der Waals surface area contributed by atoms with Gasteiger partial charge in [-0.3, -0.25) is 0 Å². The average Bonchev–Trinajstić information content (AvgIpc) is 2.61. The molecule has 2 unspecified atom stereocenters. The Balaban J connectivity index is 2.09. The Kier molecular flexibility index (Phi) is 4.39. The highest BCUT2D eigenvalue weighted by Crippen LogP contribution is 2.31. The van der Waals surface area contributed by atoms with Crippen molar-refractivity contribution in [3.05, 3.63) is 35.4 Å². The summed E-state index contributed by atoms with van der Waals surface area (Å²) in [6.45, 7) is 5.50. The number of halogens is 3. The first-order chi connectivity index (χ1) is 9.34. The molecule has 1 N–H and O–H groups in total. The maximum atomic E-state index is 12.5. The minimum absolute atomic E-state index is 0.0423. The largest absolute Gasteiger partial charge is 0.416 e. The molecule has 0 radical (unpaired) electrons. The van der Waals surface area contributed by atoms with E-state index in [1.54, 1.807) is 0 Å². The summed E-state index contributed by atoms with van der Waals surface area (Å²) in [5, 5.41) is 3.45. The van der Waals surface area contributed by atoms with Crippen molar-refractivity contribution < 1.29 is 17.9 Å². The van der Waals surface area contributed by atoms with E-state index in [1.165, 1.54) is 12.1 Å². The van der Waals surface area contributed by atoms with Gasteiger partial charge in [-0.1, -0.05) is 19.1 Å². The lowest BCUT2D eigenvalue weighted by atomic mass is 9.95. The lowest BCUT2D eigenvalue weighted by Gasteiger charge is -2.27. The predicted molar refractivity (Wildman–Crippen MR) is 71.5 cm³/mol. The van der Waals surface area contributed by atoms with Crippen molar-refractivity contribution in [1.82, 2.24) is 5.32 Å². The van der Waals surface area contributed by atoms with Crippen molar-refractivity contribution in [2.24, 2.45) is 0 Å². The number of hydrogen-bond acceptors (Lipinski definition) is 2. The van der Waals surface area contributed by atoms with E-state index in [9.17, 15) is 13.2 Å². The van der Waals surface area contributed by atoms with Crippen LogP contribution in [0.25, 0.3) is 0 Å². The fourth-order valence-electron chi connectivity index (χ4n) is 2.32. The second-order valence-electron chi connectivity index (χ2n) is 5.52. The van der Waals surface area contributed by atoms with Crippen molar-refractivity contribution in [2.45, 2.75) is 44.5 Å². The van der Waals surface area contributed by atoms with Gasteiger partial charge in [0.25, 0.3) is 0 Å². The van der Waals surface area contributed by atoms with Gasteiger partial charge in [0.05, 0.1) is 11.7 Å². The van der Waals surface area contributed by atoms with Crippen molar-refractivity contribution in [3.8, 4) is 0 Å². The average molecular weight is 287 g/mol. The monoisotopic (exact) mass is 287 g/mol. The Morgan fingerprint density at radius 2 is 1.95 bits per heavy atom. The SMILES string of the molecule is CCC1(C)CCOC(c2ccc(C(F)(F)F)cc2)CN1. The molecule has 112 valence electrons. The summed E-state index contributed by atoms with van der Waals surface area (Å²) in [7, 11) is 0. The van der Waals surface area contributed by atoms with Crippen LogP contribution in [-0.2, 0) is 10.9 Å². The van der Waals surface area contributed by atoms with Crippen LogP contribution in [0.15, 0.2) is 24.3 Å². The van der Waals surface area contributed by atoms with Gasteiger partial charge in [-0.25, -0.2) is 0 Å². The maximum Gasteiger partial charge on any atom is 0.416 e. The van der Waals surface area contributed by atoms with E-state index in [1.807, 2.05) is 0 Å². The zero-order valence-corrected chi connectivity index (χ0v) is 11.8. The molecule has 0 bridgehead atoms. The van der Waals surface area contributed by atoms with Crippen LogP contribution in [0.1, 0.15) is 43.9 Å². The molecule has 1 aliphatic heterocycles. The third kappa shape index (κ3) is 3.52. The van der Waals surface area contributed by atoms with Crippen LogP contribution < -0.4 is 5.32 Å². The van der Waals surface area contributed by atoms with Crippen LogP contribution in [-0.4, -0.2) is 18.7 Å². The maximum absolute atomic E-state index is 12.5. The smallest absolute Gasteiger partial charge is 0.372 e. The summed E-state index contributed by atoms with van der Waals surface area (Å²) in [4.78, 5) is 0. The number of ether oxygens (including phenoxy) is 1. The van der Waals surface area contributed by atoms with E-state index in [2.05, 4.69) is 19.2 Å². The van der Waals surface area contributed by atoms with E-state index < -0.39 is 11.7 Å². The molecule has 2 rings (SSSR count). The molecule has 5 heteroatoms. The van der Waals surface area contributed by atoms with E-state index >= 15 is 0 Å². The third-order valence-corrected chi connectivity index (χ3v) is 4.08. The quantitative estimate of drug-likeness (QED) is 0.890. The summed E-state index contributed by atoms with van der Waals surface area (Å²) in [6, 6.07) is 5.23. The fraction of sp³-hybridized carbons (Fsp3) is 0.600. The lowest BCUT2D eigenvalue weighted by Crippen LogP contribution is -2.42. The van der Waals surface area contributed by atoms with Gasteiger partial charge in [0.1, 0.15) is 0 Å². The zero-order valence-electron chi connectivity index (χ0n) is 11.8. The Bertz CT molecular complexity index is 443. The van der Waals surface area contributed by atoms with Gasteiger partial charge in [-0.05, 0) is 37.5 Å². The van der Waals surface area contributed by atoms with Gasteiger partial charge < -0.3 is 10.1 Å². The third-order valence-electron chi connectivity index (χ3n) is 4.08. The first kappa shape index (κ1) is 15.3. The molecule has 1 saturated heterocycles. The molecule has 1 aromatic carbocycles. The van der Waals surface area contributed by atoms with Crippen LogP contribution in [0.5, 0.6) is 0 Å². The van der Waals surface area contributed by atoms with Crippen molar-refractivity contribution in [3.63, 3.8) is 0 Å². The number of alkyl halides is 3. The van der Waals surface area contributed by atoms with Gasteiger partial charge in [-0.15, -0.1) is 0 Å². The van der Waals surface area contributed by atoms with Gasteiger partial charge in [0.15, 0.2) is 0 Å². The molecule has 1 aromatic rings. The first-order valence-electron chi connectivity index (χ1n) is 6.88. The molecule has 0 spiro atoms. The van der Waals surface area contributed by atoms with Crippen LogP contribution in [0.4, 0.5) is 13.2 Å². The van der Waals surface area contributed by atoms with Crippen LogP contribution in [0.2, 0.25) is 0 Å². The molecular weight excluding hydrogens is 267 g/mol. The predicted octanol–water partition coefficient (Wildman–Crippen LogP) is 3.93. The Morgan fingerprint density at radius 1 is 1.30 bits per heavy atom. The van der Waals surface area contributed by atoms with Gasteiger partial charge in [-0.2, -0.15) is 13.2 Å². The Hall–Kier alpha value is -1.07. The number of nitrogens with one attached hydrogen (secondary N) is 1. The molecule has 0 aliphatic carbocycles. The van der Waals surface area contributed by atoms with E-state index in [0.29, 0.717) is 13.2 Å². The van der Waals surface area contributed by atoms with Gasteiger partial charge in [0, 0.05) is 18.7 Å². The van der Waals surface area contributed by atoms with Crippen LogP contribution in [0.3, 0.4) is 0 Å². The number of benzene rings is 1. The van der Waals surface area contributed by atoms with Crippen LogP contribution >= 0.6 is 0 Å². The van der Waals surface area contributed by atoms with Crippen molar-refractivity contribution >= 4 is 0 Å². The fourth-order valence-corrected chi connectivity index (χ4v) is 2.32. The lowest BCUT2D eigenvalue weighted by molar-refractivity contribution is -0.137. The molecule has 0 amide bonds. The minimum Gasteiger partial charge on any atom is -0.372 e. The molecule has 1 aliphatic rings. The standard InChI is InChI=1S/C15H20F3NO/c1-3-14(2)8-9-20-13(10-19-14)11-4-6-12(7-5-11)15(16,17)18/h4-7,13,19H,3,8-10H2,1-2H3. The second kappa shape index (κ2) is 5.74. The first-order valence-corrected chi connectivity index (χ1v) is 6.88. The molecule has 20 heavy (non-hydrogen) atoms. The minimum atomic E-state index is -4.29. The summed E-state index contributed by atoms with van der Waals surface area (Å²) in [5.74, 6) is 0. The summed E-state index contributed by atoms with van der Waals surface area (Å²) < 4.78 is 43.4. The summed E-state index contributed by atoms with van der Waals surface area (Å²) >= 11 is 0. The normalized spacial score (nSPS) is 28.1. The summed E-state index contributed by atoms with van der Waals surface area (Å²) in [5.41, 5.74) is 0.202. The van der Waals surface area contributed by atoms with Crippen LogP contribution in [0, 0.1) is 0 Å². The number of hydrogen-bond donors (Lipinski definition) is 1. The zero-order chi connectivity index (χ0) is 14.8. The van der Waals surface area contributed by atoms with E-state index in [4.69, 9.17) is 4.74 Å². The Labute approximate surface area is 117 Å². The highest BCUT2D eigenvalue weighted by atomic mass is 19.4. The second-order valence-corrected chi connectivity index (χ2v) is 5.52. The van der Waals surface area contributed by atoms with Gasteiger partial charge >= 0.3 is 6.18 Å². The molecule has 2 atom stereocenters. The summed E-state index contributed by atoms with van der Waals surface area (Å²) in [6.07, 6.45) is -2.58. The highest BCUT2D eigenvalue weighted by molar-refractivity contribution is 5.26. The van der Waals surface area contributed by atoms with Crippen molar-refractivity contribution in [1.29, 1.82) is 0 Å².